The van der Waals surface area contributed by atoms with Crippen molar-refractivity contribution in [3.05, 3.63) is 11.9 Å². The zero-order valence-electron chi connectivity index (χ0n) is 15.3. The second-order valence-corrected chi connectivity index (χ2v) is 8.69. The van der Waals surface area contributed by atoms with Crippen LogP contribution in [0.4, 0.5) is 11.6 Å². The normalized spacial score (nSPS) is 19.4. The lowest BCUT2D eigenvalue weighted by Gasteiger charge is -2.30. The molecule has 1 unspecified atom stereocenters. The van der Waals surface area contributed by atoms with Gasteiger partial charge in [0.15, 0.2) is 9.84 Å². The summed E-state index contributed by atoms with van der Waals surface area (Å²) in [5.41, 5.74) is 0. The van der Waals surface area contributed by atoms with Gasteiger partial charge in [0.1, 0.15) is 17.5 Å². The summed E-state index contributed by atoms with van der Waals surface area (Å²) < 4.78 is 23.7. The molecule has 2 heterocycles. The van der Waals surface area contributed by atoms with Crippen LogP contribution < -0.4 is 9.80 Å². The second-order valence-electron chi connectivity index (χ2n) is 6.46. The molecule has 7 heteroatoms. The van der Waals surface area contributed by atoms with Crippen LogP contribution in [0.1, 0.15) is 45.9 Å². The summed E-state index contributed by atoms with van der Waals surface area (Å²) >= 11 is 0. The fourth-order valence-corrected chi connectivity index (χ4v) is 5.09. The molecule has 0 N–H and O–H groups in total. The number of aryl methyl sites for hydroxylation is 1. The third-order valence-corrected chi connectivity index (χ3v) is 6.16. The van der Waals surface area contributed by atoms with E-state index in [0.717, 1.165) is 49.9 Å². The lowest BCUT2D eigenvalue weighted by molar-refractivity contribution is 0.599. The average Bonchev–Trinajstić information content (AvgIpc) is 2.87. The van der Waals surface area contributed by atoms with Gasteiger partial charge in [-0.3, -0.25) is 0 Å². The summed E-state index contributed by atoms with van der Waals surface area (Å²) in [7, 11) is -2.91. The predicted octanol–water partition coefficient (Wildman–Crippen LogP) is 2.42. The van der Waals surface area contributed by atoms with Crippen LogP contribution in [0.25, 0.3) is 0 Å². The molecule has 0 aliphatic carbocycles. The van der Waals surface area contributed by atoms with E-state index in [1.54, 1.807) is 0 Å². The van der Waals surface area contributed by atoms with Crippen molar-refractivity contribution in [2.24, 2.45) is 0 Å². The van der Waals surface area contributed by atoms with Crippen LogP contribution in [0.15, 0.2) is 6.07 Å². The molecule has 0 radical (unpaired) electrons. The molecule has 1 atom stereocenters. The van der Waals surface area contributed by atoms with Crippen molar-refractivity contribution in [2.75, 3.05) is 40.9 Å². The highest BCUT2D eigenvalue weighted by atomic mass is 32.2. The van der Waals surface area contributed by atoms with Crippen molar-refractivity contribution < 1.29 is 8.42 Å². The van der Waals surface area contributed by atoms with Gasteiger partial charge in [0.25, 0.3) is 0 Å². The van der Waals surface area contributed by atoms with E-state index in [0.29, 0.717) is 6.42 Å². The Morgan fingerprint density at radius 3 is 2.25 bits per heavy atom. The van der Waals surface area contributed by atoms with Gasteiger partial charge in [-0.25, -0.2) is 18.4 Å². The summed E-state index contributed by atoms with van der Waals surface area (Å²) in [4.78, 5) is 13.6. The van der Waals surface area contributed by atoms with Gasteiger partial charge in [-0.1, -0.05) is 13.8 Å². The monoisotopic (exact) mass is 354 g/mol. The molecule has 1 aromatic rings. The minimum atomic E-state index is -2.91. The highest BCUT2D eigenvalue weighted by Gasteiger charge is 2.32. The SMILES string of the molecule is CCCN(CCC)c1cc(N(CC)C2CCS(=O)(=O)C2)nc(C)n1. The van der Waals surface area contributed by atoms with Crippen molar-refractivity contribution in [1.29, 1.82) is 0 Å². The Labute approximate surface area is 146 Å². The molecule has 1 aliphatic rings. The van der Waals surface area contributed by atoms with Crippen LogP contribution in [0, 0.1) is 6.92 Å². The largest absolute Gasteiger partial charge is 0.356 e. The minimum absolute atomic E-state index is 0.0213. The Bertz CT molecular complexity index is 642. The summed E-state index contributed by atoms with van der Waals surface area (Å²) in [5.74, 6) is 3.04. The van der Waals surface area contributed by atoms with Crippen molar-refractivity contribution >= 4 is 21.5 Å². The van der Waals surface area contributed by atoms with Gasteiger partial charge in [-0.2, -0.15) is 0 Å². The molecule has 1 saturated heterocycles. The molecule has 1 fully saturated rings. The van der Waals surface area contributed by atoms with Gasteiger partial charge >= 0.3 is 0 Å². The number of sulfone groups is 1. The van der Waals surface area contributed by atoms with E-state index < -0.39 is 9.84 Å². The van der Waals surface area contributed by atoms with E-state index in [1.807, 2.05) is 13.0 Å². The van der Waals surface area contributed by atoms with E-state index in [2.05, 4.69) is 40.5 Å². The molecule has 1 aliphatic heterocycles. The molecule has 0 aromatic carbocycles. The van der Waals surface area contributed by atoms with E-state index in [9.17, 15) is 8.42 Å². The Morgan fingerprint density at radius 1 is 1.12 bits per heavy atom. The van der Waals surface area contributed by atoms with Gasteiger partial charge in [-0.05, 0) is 33.1 Å². The number of rotatable bonds is 8. The zero-order chi connectivity index (χ0) is 17.7. The topological polar surface area (TPSA) is 66.4 Å². The molecule has 0 bridgehead atoms. The van der Waals surface area contributed by atoms with Gasteiger partial charge < -0.3 is 9.80 Å². The van der Waals surface area contributed by atoms with Crippen LogP contribution >= 0.6 is 0 Å². The Kier molecular flexibility index (Phi) is 6.43. The lowest BCUT2D eigenvalue weighted by Crippen LogP contribution is -2.37. The van der Waals surface area contributed by atoms with Crippen molar-refractivity contribution in [2.45, 2.75) is 53.0 Å². The number of hydrogen-bond donors (Lipinski definition) is 0. The van der Waals surface area contributed by atoms with Crippen molar-refractivity contribution in [1.82, 2.24) is 9.97 Å². The number of hydrogen-bond acceptors (Lipinski definition) is 6. The third-order valence-electron chi connectivity index (χ3n) is 4.41. The van der Waals surface area contributed by atoms with Gasteiger partial charge in [-0.15, -0.1) is 0 Å². The fraction of sp³-hybridized carbons (Fsp3) is 0.765. The number of anilines is 2. The Balaban J connectivity index is 2.31. The molecule has 2 rings (SSSR count). The first-order valence-corrected chi connectivity index (χ1v) is 10.8. The zero-order valence-corrected chi connectivity index (χ0v) is 16.1. The summed E-state index contributed by atoms with van der Waals surface area (Å²) in [6.07, 6.45) is 2.82. The molecule has 24 heavy (non-hydrogen) atoms. The lowest BCUT2D eigenvalue weighted by atomic mass is 10.2. The van der Waals surface area contributed by atoms with Crippen LogP contribution in [0.3, 0.4) is 0 Å². The molecule has 136 valence electrons. The van der Waals surface area contributed by atoms with Gasteiger partial charge in [0.2, 0.25) is 0 Å². The van der Waals surface area contributed by atoms with Crippen molar-refractivity contribution in [3.63, 3.8) is 0 Å². The predicted molar refractivity (Wildman–Crippen MR) is 99.6 cm³/mol. The molecule has 0 saturated carbocycles. The number of aromatic nitrogens is 2. The summed E-state index contributed by atoms with van der Waals surface area (Å²) in [5, 5.41) is 0. The summed E-state index contributed by atoms with van der Waals surface area (Å²) in [6.45, 7) is 11.0. The van der Waals surface area contributed by atoms with E-state index >= 15 is 0 Å². The molecular weight excluding hydrogens is 324 g/mol. The summed E-state index contributed by atoms with van der Waals surface area (Å²) in [6, 6.07) is 2.04. The fourth-order valence-electron chi connectivity index (χ4n) is 3.35. The first-order valence-electron chi connectivity index (χ1n) is 8.97. The molecular formula is C17H30N4O2S. The highest BCUT2D eigenvalue weighted by Crippen LogP contribution is 2.25. The van der Waals surface area contributed by atoms with Gasteiger partial charge in [0.05, 0.1) is 11.5 Å². The van der Waals surface area contributed by atoms with E-state index in [1.165, 1.54) is 0 Å². The van der Waals surface area contributed by atoms with Crippen molar-refractivity contribution in [3.8, 4) is 0 Å². The standard InChI is InChI=1S/C17H30N4O2S/c1-5-9-20(10-6-2)16-12-17(19-14(4)18-16)21(7-3)15-8-11-24(22,23)13-15/h12,15H,5-11,13H2,1-4H3. The minimum Gasteiger partial charge on any atom is -0.356 e. The van der Waals surface area contributed by atoms with Crippen LogP contribution in [-0.4, -0.2) is 55.6 Å². The third kappa shape index (κ3) is 4.59. The molecule has 0 spiro atoms. The Morgan fingerprint density at radius 2 is 1.75 bits per heavy atom. The maximum atomic E-state index is 11.8. The molecule has 1 aromatic heterocycles. The average molecular weight is 355 g/mol. The smallest absolute Gasteiger partial charge is 0.152 e. The first kappa shape index (κ1) is 19.0. The van der Waals surface area contributed by atoms with E-state index in [-0.39, 0.29) is 17.5 Å². The second kappa shape index (κ2) is 8.14. The quantitative estimate of drug-likeness (QED) is 0.714. The van der Waals surface area contributed by atoms with Crippen LogP contribution in [0.2, 0.25) is 0 Å². The first-order chi connectivity index (χ1) is 11.4. The highest BCUT2D eigenvalue weighted by molar-refractivity contribution is 7.91. The number of nitrogens with zero attached hydrogens (tertiary/aromatic N) is 4. The van der Waals surface area contributed by atoms with Gasteiger partial charge in [0, 0.05) is 31.7 Å². The maximum absolute atomic E-state index is 11.8. The Hall–Kier alpha value is -1.37. The van der Waals surface area contributed by atoms with E-state index in [4.69, 9.17) is 0 Å². The maximum Gasteiger partial charge on any atom is 0.152 e. The van der Waals surface area contributed by atoms with Crippen LogP contribution in [0.5, 0.6) is 0 Å². The van der Waals surface area contributed by atoms with Crippen LogP contribution in [-0.2, 0) is 9.84 Å². The molecule has 0 amide bonds. The molecule has 6 nitrogen and oxygen atoms in total.